The Balaban J connectivity index is 3.94. The zero-order valence-electron chi connectivity index (χ0n) is 7.56. The molecule has 4 heteroatoms. The number of ether oxygens (including phenoxy) is 1. The number of carbonyl (C=O) groups is 1. The number of hydrogen-bond acceptors (Lipinski definition) is 2. The third-order valence-electron chi connectivity index (χ3n) is 1.56. The lowest BCUT2D eigenvalue weighted by Gasteiger charge is -2.23. The number of alkyl halides is 2. The zero-order chi connectivity index (χ0) is 9.78. The van der Waals surface area contributed by atoms with Gasteiger partial charge >= 0.3 is 5.97 Å². The van der Waals surface area contributed by atoms with E-state index in [2.05, 4.69) is 4.74 Å². The zero-order valence-corrected chi connectivity index (χ0v) is 9.08. The van der Waals surface area contributed by atoms with E-state index in [1.54, 1.807) is 0 Å². The van der Waals surface area contributed by atoms with Crippen LogP contribution in [-0.2, 0) is 9.53 Å². The van der Waals surface area contributed by atoms with E-state index in [9.17, 15) is 4.79 Å². The van der Waals surface area contributed by atoms with Gasteiger partial charge in [0.15, 0.2) is 0 Å². The van der Waals surface area contributed by atoms with Crippen molar-refractivity contribution in [2.45, 2.75) is 31.5 Å². The van der Waals surface area contributed by atoms with Crippen LogP contribution in [-0.4, -0.2) is 17.9 Å². The molecule has 0 aromatic heterocycles. The number of halogens is 2. The van der Waals surface area contributed by atoms with E-state index in [1.807, 2.05) is 13.8 Å². The largest absolute Gasteiger partial charge is 0.469 e. The molecule has 0 saturated heterocycles. The second kappa shape index (κ2) is 4.93. The minimum absolute atomic E-state index is 0.193. The molecule has 0 heterocycles. The molecule has 0 aromatic rings. The van der Waals surface area contributed by atoms with Gasteiger partial charge < -0.3 is 4.74 Å². The van der Waals surface area contributed by atoms with Gasteiger partial charge in [-0.25, -0.2) is 0 Å². The minimum Gasteiger partial charge on any atom is -0.469 e. The number of rotatable bonds is 4. The van der Waals surface area contributed by atoms with Gasteiger partial charge in [0, 0.05) is 0 Å². The number of esters is 1. The molecule has 0 aliphatic rings. The Morgan fingerprint density at radius 1 is 1.50 bits per heavy atom. The molecule has 0 N–H and O–H groups in total. The minimum atomic E-state index is -0.426. The second-order valence-corrected chi connectivity index (χ2v) is 4.79. The quantitative estimate of drug-likeness (QED) is 0.530. The average Bonchev–Trinajstić information content (AvgIpc) is 1.83. The number of carbonyl (C=O) groups excluding carboxylic acids is 1. The first-order valence-corrected chi connectivity index (χ1v) is 4.59. The van der Waals surface area contributed by atoms with Gasteiger partial charge in [-0.05, 0) is 11.8 Å². The Bertz CT molecular complexity index is 155. The SMILES string of the molecule is COC(=O)CC(C)(C)CC(Cl)Cl. The molecule has 0 spiro atoms. The van der Waals surface area contributed by atoms with Crippen molar-refractivity contribution in [3.63, 3.8) is 0 Å². The highest BCUT2D eigenvalue weighted by molar-refractivity contribution is 6.44. The van der Waals surface area contributed by atoms with E-state index in [-0.39, 0.29) is 11.4 Å². The summed E-state index contributed by atoms with van der Waals surface area (Å²) in [6.45, 7) is 3.86. The topological polar surface area (TPSA) is 26.3 Å². The molecule has 72 valence electrons. The predicted octanol–water partition coefficient (Wildman–Crippen LogP) is 2.77. The summed E-state index contributed by atoms with van der Waals surface area (Å²) in [5.74, 6) is -0.228. The molecule has 0 unspecified atom stereocenters. The number of hydrogen-bond donors (Lipinski definition) is 0. The van der Waals surface area contributed by atoms with Crippen LogP contribution in [0.4, 0.5) is 0 Å². The van der Waals surface area contributed by atoms with Gasteiger partial charge in [-0.3, -0.25) is 4.79 Å². The molecule has 0 amide bonds. The molecule has 0 bridgehead atoms. The molecule has 0 aliphatic carbocycles. The van der Waals surface area contributed by atoms with Gasteiger partial charge in [0.1, 0.15) is 4.84 Å². The fourth-order valence-electron chi connectivity index (χ4n) is 0.953. The van der Waals surface area contributed by atoms with Gasteiger partial charge in [-0.2, -0.15) is 0 Å². The maximum atomic E-state index is 10.9. The molecule has 0 aromatic carbocycles. The molecular weight excluding hydrogens is 199 g/mol. The lowest BCUT2D eigenvalue weighted by atomic mass is 9.86. The molecule has 0 rings (SSSR count). The first-order chi connectivity index (χ1) is 5.37. The van der Waals surface area contributed by atoms with Crippen LogP contribution < -0.4 is 0 Å². The van der Waals surface area contributed by atoms with Gasteiger partial charge in [0.25, 0.3) is 0 Å². The molecule has 0 saturated carbocycles. The van der Waals surface area contributed by atoms with E-state index in [0.29, 0.717) is 12.8 Å². The Hall–Kier alpha value is 0.0500. The summed E-state index contributed by atoms with van der Waals surface area (Å²) in [5, 5.41) is 0. The van der Waals surface area contributed by atoms with Crippen LogP contribution in [0.25, 0.3) is 0 Å². The maximum absolute atomic E-state index is 10.9. The summed E-state index contributed by atoms with van der Waals surface area (Å²) in [5.41, 5.74) is -0.193. The molecule has 0 atom stereocenters. The van der Waals surface area contributed by atoms with Crippen LogP contribution in [0, 0.1) is 5.41 Å². The molecule has 12 heavy (non-hydrogen) atoms. The van der Waals surface area contributed by atoms with Crippen molar-refractivity contribution in [3.05, 3.63) is 0 Å². The van der Waals surface area contributed by atoms with Crippen molar-refractivity contribution in [2.75, 3.05) is 7.11 Å². The molecule has 0 aliphatic heterocycles. The standard InChI is InChI=1S/C8H14Cl2O2/c1-8(2,4-6(9)10)5-7(11)12-3/h6H,4-5H2,1-3H3. The van der Waals surface area contributed by atoms with Crippen LogP contribution in [0.2, 0.25) is 0 Å². The monoisotopic (exact) mass is 212 g/mol. The van der Waals surface area contributed by atoms with E-state index in [0.717, 1.165) is 0 Å². The highest BCUT2D eigenvalue weighted by atomic mass is 35.5. The Kier molecular flexibility index (Phi) is 4.95. The van der Waals surface area contributed by atoms with Gasteiger partial charge in [-0.1, -0.05) is 13.8 Å². The third kappa shape index (κ3) is 5.67. The maximum Gasteiger partial charge on any atom is 0.306 e. The van der Waals surface area contributed by atoms with Crippen LogP contribution in [0.15, 0.2) is 0 Å². The molecule has 0 radical (unpaired) electrons. The van der Waals surface area contributed by atoms with Crippen molar-refractivity contribution in [3.8, 4) is 0 Å². The molecule has 0 fully saturated rings. The van der Waals surface area contributed by atoms with E-state index in [1.165, 1.54) is 7.11 Å². The summed E-state index contributed by atoms with van der Waals surface area (Å²) in [7, 11) is 1.37. The van der Waals surface area contributed by atoms with Crippen molar-refractivity contribution in [2.24, 2.45) is 5.41 Å². The number of methoxy groups -OCH3 is 1. The molecule has 2 nitrogen and oxygen atoms in total. The van der Waals surface area contributed by atoms with Crippen molar-refractivity contribution in [1.82, 2.24) is 0 Å². The summed E-state index contributed by atoms with van der Waals surface area (Å²) < 4.78 is 4.54. The Morgan fingerprint density at radius 3 is 2.33 bits per heavy atom. The van der Waals surface area contributed by atoms with Crippen molar-refractivity contribution < 1.29 is 9.53 Å². The van der Waals surface area contributed by atoms with Crippen molar-refractivity contribution in [1.29, 1.82) is 0 Å². The predicted molar refractivity (Wildman–Crippen MR) is 50.5 cm³/mol. The van der Waals surface area contributed by atoms with Crippen LogP contribution in [0.3, 0.4) is 0 Å². The Labute approximate surface area is 83.2 Å². The Morgan fingerprint density at radius 2 is 2.00 bits per heavy atom. The van der Waals surface area contributed by atoms with Crippen LogP contribution in [0.5, 0.6) is 0 Å². The average molecular weight is 213 g/mol. The first-order valence-electron chi connectivity index (χ1n) is 3.72. The van der Waals surface area contributed by atoms with E-state index >= 15 is 0 Å². The summed E-state index contributed by atoms with van der Waals surface area (Å²) in [6, 6.07) is 0. The summed E-state index contributed by atoms with van der Waals surface area (Å²) >= 11 is 11.2. The fourth-order valence-corrected chi connectivity index (χ4v) is 1.79. The van der Waals surface area contributed by atoms with Gasteiger partial charge in [0.2, 0.25) is 0 Å². The summed E-state index contributed by atoms with van der Waals surface area (Å²) in [4.78, 5) is 10.5. The second-order valence-electron chi connectivity index (χ2n) is 3.51. The summed E-state index contributed by atoms with van der Waals surface area (Å²) in [6.07, 6.45) is 0.935. The fraction of sp³-hybridized carbons (Fsp3) is 0.875. The van der Waals surface area contributed by atoms with Gasteiger partial charge in [0.05, 0.1) is 13.5 Å². The van der Waals surface area contributed by atoms with E-state index < -0.39 is 4.84 Å². The highest BCUT2D eigenvalue weighted by Gasteiger charge is 2.24. The third-order valence-corrected chi connectivity index (χ3v) is 1.87. The lowest BCUT2D eigenvalue weighted by molar-refractivity contribution is -0.142. The lowest BCUT2D eigenvalue weighted by Crippen LogP contribution is -2.20. The first kappa shape index (κ1) is 12.0. The molecular formula is C8H14Cl2O2. The van der Waals surface area contributed by atoms with E-state index in [4.69, 9.17) is 23.2 Å². The van der Waals surface area contributed by atoms with Gasteiger partial charge in [-0.15, -0.1) is 23.2 Å². The van der Waals surface area contributed by atoms with Crippen LogP contribution in [0.1, 0.15) is 26.7 Å². The normalized spacial score (nSPS) is 11.8. The van der Waals surface area contributed by atoms with Crippen molar-refractivity contribution >= 4 is 29.2 Å². The van der Waals surface area contributed by atoms with Crippen LogP contribution >= 0.6 is 23.2 Å². The highest BCUT2D eigenvalue weighted by Crippen LogP contribution is 2.30. The smallest absolute Gasteiger partial charge is 0.306 e.